The lowest BCUT2D eigenvalue weighted by Gasteiger charge is -2.06. The third-order valence-electron chi connectivity index (χ3n) is 3.11. The van der Waals surface area contributed by atoms with Gasteiger partial charge in [0.05, 0.1) is 18.2 Å². The maximum absolute atomic E-state index is 13.5. The van der Waals surface area contributed by atoms with E-state index in [2.05, 4.69) is 15.1 Å². The second kappa shape index (κ2) is 5.45. The smallest absolute Gasteiger partial charge is 0.163 e. The van der Waals surface area contributed by atoms with Gasteiger partial charge in [-0.15, -0.1) is 0 Å². The van der Waals surface area contributed by atoms with Crippen molar-refractivity contribution in [1.29, 1.82) is 0 Å². The van der Waals surface area contributed by atoms with Crippen LogP contribution in [0.5, 0.6) is 0 Å². The van der Waals surface area contributed by atoms with Crippen molar-refractivity contribution in [3.8, 4) is 0 Å². The Balaban J connectivity index is 1.74. The van der Waals surface area contributed by atoms with Crippen molar-refractivity contribution in [2.45, 2.75) is 13.2 Å². The zero-order valence-corrected chi connectivity index (χ0v) is 11.5. The van der Waals surface area contributed by atoms with Gasteiger partial charge in [0.2, 0.25) is 0 Å². The molecule has 7 heteroatoms. The molecule has 2 heterocycles. The number of rotatable bonds is 4. The standard InChI is InChI=1S/C14H14FN5O/c1-20-14-10(6-17-20)13(16)18-12(19-14)8-21-7-9-4-2-3-5-11(9)15/h2-6H,7-8H2,1H3,(H2,16,18,19). The molecule has 0 radical (unpaired) electrons. The number of halogens is 1. The van der Waals surface area contributed by atoms with E-state index in [0.29, 0.717) is 28.2 Å². The molecule has 2 N–H and O–H groups in total. The van der Waals surface area contributed by atoms with Crippen LogP contribution in [0.25, 0.3) is 11.0 Å². The van der Waals surface area contributed by atoms with E-state index in [1.165, 1.54) is 6.07 Å². The van der Waals surface area contributed by atoms with Gasteiger partial charge in [0.1, 0.15) is 18.2 Å². The van der Waals surface area contributed by atoms with E-state index in [-0.39, 0.29) is 19.0 Å². The topological polar surface area (TPSA) is 78.9 Å². The lowest BCUT2D eigenvalue weighted by atomic mass is 10.2. The highest BCUT2D eigenvalue weighted by atomic mass is 19.1. The highest BCUT2D eigenvalue weighted by Gasteiger charge is 2.09. The minimum atomic E-state index is -0.292. The van der Waals surface area contributed by atoms with Gasteiger partial charge in [0, 0.05) is 12.6 Å². The van der Waals surface area contributed by atoms with E-state index in [0.717, 1.165) is 0 Å². The monoisotopic (exact) mass is 287 g/mol. The second-order valence-corrected chi connectivity index (χ2v) is 4.61. The molecular formula is C14H14FN5O. The number of benzene rings is 1. The largest absolute Gasteiger partial charge is 0.383 e. The molecule has 0 amide bonds. The molecule has 0 unspecified atom stereocenters. The van der Waals surface area contributed by atoms with Gasteiger partial charge in [-0.3, -0.25) is 4.68 Å². The van der Waals surface area contributed by atoms with Crippen LogP contribution in [0.15, 0.2) is 30.5 Å². The van der Waals surface area contributed by atoms with Gasteiger partial charge < -0.3 is 10.5 Å². The Morgan fingerprint density at radius 2 is 2.05 bits per heavy atom. The first-order valence-corrected chi connectivity index (χ1v) is 6.40. The molecule has 0 fully saturated rings. The zero-order valence-electron chi connectivity index (χ0n) is 11.5. The Morgan fingerprint density at radius 3 is 2.86 bits per heavy atom. The predicted octanol–water partition coefficient (Wildman–Crippen LogP) is 1.80. The van der Waals surface area contributed by atoms with Crippen molar-refractivity contribution in [1.82, 2.24) is 19.7 Å². The van der Waals surface area contributed by atoms with Gasteiger partial charge in [-0.25, -0.2) is 14.4 Å². The summed E-state index contributed by atoms with van der Waals surface area (Å²) in [5.41, 5.74) is 7.00. The Kier molecular flexibility index (Phi) is 3.49. The van der Waals surface area contributed by atoms with E-state index in [9.17, 15) is 4.39 Å². The normalized spacial score (nSPS) is 11.1. The number of hydrogen-bond donors (Lipinski definition) is 1. The molecule has 0 atom stereocenters. The Bertz CT molecular complexity index is 786. The number of nitrogens with two attached hydrogens (primary N) is 1. The van der Waals surface area contributed by atoms with Crippen LogP contribution in [-0.2, 0) is 25.0 Å². The van der Waals surface area contributed by atoms with E-state index in [1.54, 1.807) is 36.1 Å². The van der Waals surface area contributed by atoms with Crippen LogP contribution in [-0.4, -0.2) is 19.7 Å². The number of fused-ring (bicyclic) bond motifs is 1. The third kappa shape index (κ3) is 2.68. The van der Waals surface area contributed by atoms with Crippen LogP contribution in [0.1, 0.15) is 11.4 Å². The van der Waals surface area contributed by atoms with Gasteiger partial charge in [-0.2, -0.15) is 5.10 Å². The molecule has 0 bridgehead atoms. The van der Waals surface area contributed by atoms with Crippen molar-refractivity contribution in [2.24, 2.45) is 7.05 Å². The minimum absolute atomic E-state index is 0.152. The molecule has 0 spiro atoms. The first-order chi connectivity index (χ1) is 10.1. The molecule has 2 aromatic heterocycles. The minimum Gasteiger partial charge on any atom is -0.383 e. The van der Waals surface area contributed by atoms with Crippen LogP contribution < -0.4 is 5.73 Å². The third-order valence-corrected chi connectivity index (χ3v) is 3.11. The molecule has 6 nitrogen and oxygen atoms in total. The van der Waals surface area contributed by atoms with Gasteiger partial charge in [-0.05, 0) is 6.07 Å². The molecule has 1 aromatic carbocycles. The fraction of sp³-hybridized carbons (Fsp3) is 0.214. The van der Waals surface area contributed by atoms with Crippen molar-refractivity contribution in [2.75, 3.05) is 5.73 Å². The summed E-state index contributed by atoms with van der Waals surface area (Å²) in [6.07, 6.45) is 1.62. The van der Waals surface area contributed by atoms with Crippen molar-refractivity contribution in [3.05, 3.63) is 47.7 Å². The second-order valence-electron chi connectivity index (χ2n) is 4.61. The molecule has 21 heavy (non-hydrogen) atoms. The van der Waals surface area contributed by atoms with Crippen LogP contribution in [0.2, 0.25) is 0 Å². The summed E-state index contributed by atoms with van der Waals surface area (Å²) in [6, 6.07) is 6.47. The van der Waals surface area contributed by atoms with E-state index >= 15 is 0 Å². The molecule has 0 aliphatic heterocycles. The number of nitrogens with zero attached hydrogens (tertiary/aromatic N) is 4. The van der Waals surface area contributed by atoms with Crippen LogP contribution in [0.3, 0.4) is 0 Å². The summed E-state index contributed by atoms with van der Waals surface area (Å²) in [7, 11) is 1.78. The van der Waals surface area contributed by atoms with Gasteiger partial charge in [0.15, 0.2) is 11.5 Å². The van der Waals surface area contributed by atoms with Crippen LogP contribution in [0.4, 0.5) is 10.2 Å². The molecular weight excluding hydrogens is 273 g/mol. The van der Waals surface area contributed by atoms with E-state index in [1.807, 2.05) is 0 Å². The lowest BCUT2D eigenvalue weighted by molar-refractivity contribution is 0.0997. The fourth-order valence-electron chi connectivity index (χ4n) is 2.02. The quantitative estimate of drug-likeness (QED) is 0.791. The SMILES string of the molecule is Cn1ncc2c(N)nc(COCc3ccccc3F)nc21. The van der Waals surface area contributed by atoms with Crippen molar-refractivity contribution < 1.29 is 9.13 Å². The van der Waals surface area contributed by atoms with Gasteiger partial charge >= 0.3 is 0 Å². The first-order valence-electron chi connectivity index (χ1n) is 6.40. The number of aromatic nitrogens is 4. The predicted molar refractivity (Wildman–Crippen MR) is 75.6 cm³/mol. The molecule has 108 valence electrons. The Hall–Kier alpha value is -2.54. The summed E-state index contributed by atoms with van der Waals surface area (Å²) >= 11 is 0. The fourth-order valence-corrected chi connectivity index (χ4v) is 2.02. The summed E-state index contributed by atoms with van der Waals surface area (Å²) in [6.45, 7) is 0.305. The summed E-state index contributed by atoms with van der Waals surface area (Å²) in [5.74, 6) is 0.512. The average Bonchev–Trinajstić information content (AvgIpc) is 2.83. The number of aryl methyl sites for hydroxylation is 1. The summed E-state index contributed by atoms with van der Waals surface area (Å²) < 4.78 is 20.5. The molecule has 0 saturated carbocycles. The van der Waals surface area contributed by atoms with Crippen LogP contribution >= 0.6 is 0 Å². The molecule has 0 aliphatic carbocycles. The lowest BCUT2D eigenvalue weighted by Crippen LogP contribution is -2.05. The number of hydrogen-bond acceptors (Lipinski definition) is 5. The first kappa shape index (κ1) is 13.4. The maximum Gasteiger partial charge on any atom is 0.163 e. The van der Waals surface area contributed by atoms with Crippen molar-refractivity contribution in [3.63, 3.8) is 0 Å². The highest BCUT2D eigenvalue weighted by molar-refractivity contribution is 5.84. The number of ether oxygens (including phenoxy) is 1. The Morgan fingerprint density at radius 1 is 1.24 bits per heavy atom. The number of anilines is 1. The molecule has 3 rings (SSSR count). The molecule has 0 aliphatic rings. The maximum atomic E-state index is 13.5. The molecule has 3 aromatic rings. The van der Waals surface area contributed by atoms with E-state index < -0.39 is 0 Å². The zero-order chi connectivity index (χ0) is 14.8. The van der Waals surface area contributed by atoms with Gasteiger partial charge in [-0.1, -0.05) is 18.2 Å². The summed E-state index contributed by atoms with van der Waals surface area (Å²) in [4.78, 5) is 8.50. The number of nitrogen functional groups attached to an aromatic ring is 1. The van der Waals surface area contributed by atoms with Gasteiger partial charge in [0.25, 0.3) is 0 Å². The van der Waals surface area contributed by atoms with Crippen molar-refractivity contribution >= 4 is 16.9 Å². The average molecular weight is 287 g/mol. The highest BCUT2D eigenvalue weighted by Crippen LogP contribution is 2.17. The summed E-state index contributed by atoms with van der Waals surface area (Å²) in [5, 5.41) is 4.78. The molecule has 0 saturated heterocycles. The van der Waals surface area contributed by atoms with E-state index in [4.69, 9.17) is 10.5 Å². The van der Waals surface area contributed by atoms with Crippen LogP contribution in [0, 0.1) is 5.82 Å². The Labute approximate surface area is 120 Å².